The van der Waals surface area contributed by atoms with Crippen LogP contribution in [-0.4, -0.2) is 18.4 Å². The maximum absolute atomic E-state index is 11.8. The minimum absolute atomic E-state index is 0. The summed E-state index contributed by atoms with van der Waals surface area (Å²) in [4.78, 5) is 23.4. The lowest BCUT2D eigenvalue weighted by Gasteiger charge is -2.17. The molecule has 2 amide bonds. The van der Waals surface area contributed by atoms with Gasteiger partial charge in [-0.2, -0.15) is 0 Å². The smallest absolute Gasteiger partial charge is 0.243 e. The highest BCUT2D eigenvalue weighted by Crippen LogP contribution is 2.18. The molecular weight excluding hydrogens is 290 g/mol. The van der Waals surface area contributed by atoms with Crippen LogP contribution in [0, 0.1) is 12.3 Å². The van der Waals surface area contributed by atoms with E-state index in [0.29, 0.717) is 17.8 Å². The Bertz CT molecular complexity index is 510. The first-order valence-corrected chi connectivity index (χ1v) is 6.60. The molecule has 118 valence electrons. The molecule has 4 N–H and O–H groups in total. The van der Waals surface area contributed by atoms with Gasteiger partial charge >= 0.3 is 0 Å². The number of nitrogens with two attached hydrogens (primary N) is 1. The fraction of sp³-hybridized carbons (Fsp3) is 0.467. The maximum atomic E-state index is 11.8. The molecule has 0 unspecified atom stereocenters. The van der Waals surface area contributed by atoms with Crippen molar-refractivity contribution in [1.29, 1.82) is 0 Å². The van der Waals surface area contributed by atoms with Crippen LogP contribution in [0.4, 0.5) is 11.4 Å². The zero-order valence-corrected chi connectivity index (χ0v) is 13.8. The SMILES string of the molecule is Cc1ccc(N)cc1NC(=O)CNC(=O)CC(C)(C)C.Cl. The number of carbonyl (C=O) groups excluding carboxylic acids is 2. The highest BCUT2D eigenvalue weighted by Gasteiger charge is 2.16. The molecule has 0 saturated heterocycles. The first kappa shape index (κ1) is 19.2. The number of hydrogen-bond acceptors (Lipinski definition) is 3. The standard InChI is InChI=1S/C15H23N3O2.ClH/c1-10-5-6-11(16)7-12(10)18-14(20)9-17-13(19)8-15(2,3)4;/h5-7H,8-9,16H2,1-4H3,(H,17,19)(H,18,20);1H. The molecule has 0 saturated carbocycles. The van der Waals surface area contributed by atoms with Gasteiger partial charge in [-0.05, 0) is 30.0 Å². The average Bonchev–Trinajstić information content (AvgIpc) is 2.29. The number of rotatable bonds is 4. The molecule has 0 aromatic heterocycles. The summed E-state index contributed by atoms with van der Waals surface area (Å²) >= 11 is 0. The summed E-state index contributed by atoms with van der Waals surface area (Å²) in [5, 5.41) is 5.35. The Morgan fingerprint density at radius 3 is 2.38 bits per heavy atom. The van der Waals surface area contributed by atoms with E-state index in [2.05, 4.69) is 10.6 Å². The maximum Gasteiger partial charge on any atom is 0.243 e. The molecular formula is C15H24ClN3O2. The van der Waals surface area contributed by atoms with E-state index >= 15 is 0 Å². The summed E-state index contributed by atoms with van der Waals surface area (Å²) in [5.41, 5.74) is 7.76. The molecule has 0 spiro atoms. The number of anilines is 2. The molecule has 0 radical (unpaired) electrons. The number of halogens is 1. The van der Waals surface area contributed by atoms with E-state index in [4.69, 9.17) is 5.73 Å². The van der Waals surface area contributed by atoms with E-state index in [-0.39, 0.29) is 36.2 Å². The molecule has 0 aliphatic rings. The van der Waals surface area contributed by atoms with Gasteiger partial charge in [-0.1, -0.05) is 26.8 Å². The van der Waals surface area contributed by atoms with Gasteiger partial charge < -0.3 is 16.4 Å². The quantitative estimate of drug-likeness (QED) is 0.747. The molecule has 0 aliphatic carbocycles. The van der Waals surface area contributed by atoms with E-state index in [1.807, 2.05) is 33.8 Å². The highest BCUT2D eigenvalue weighted by atomic mass is 35.5. The summed E-state index contributed by atoms with van der Waals surface area (Å²) in [6, 6.07) is 5.31. The lowest BCUT2D eigenvalue weighted by molar-refractivity contribution is -0.125. The lowest BCUT2D eigenvalue weighted by Crippen LogP contribution is -2.34. The van der Waals surface area contributed by atoms with Crippen molar-refractivity contribution >= 4 is 35.6 Å². The van der Waals surface area contributed by atoms with Crippen LogP contribution in [0.15, 0.2) is 18.2 Å². The zero-order valence-electron chi connectivity index (χ0n) is 12.9. The fourth-order valence-electron chi connectivity index (χ4n) is 1.69. The van der Waals surface area contributed by atoms with Gasteiger partial charge in [0.1, 0.15) is 0 Å². The molecule has 1 aromatic rings. The molecule has 21 heavy (non-hydrogen) atoms. The number of hydrogen-bond donors (Lipinski definition) is 3. The first-order chi connectivity index (χ1) is 9.17. The predicted molar refractivity (Wildman–Crippen MR) is 88.6 cm³/mol. The van der Waals surface area contributed by atoms with Crippen molar-refractivity contribution < 1.29 is 9.59 Å². The predicted octanol–water partition coefficient (Wildman–Crippen LogP) is 2.49. The number of benzene rings is 1. The fourth-order valence-corrected chi connectivity index (χ4v) is 1.69. The van der Waals surface area contributed by atoms with Crippen molar-refractivity contribution in [3.8, 4) is 0 Å². The Balaban J connectivity index is 0.00000400. The van der Waals surface area contributed by atoms with Gasteiger partial charge in [0.05, 0.1) is 6.54 Å². The van der Waals surface area contributed by atoms with Crippen LogP contribution in [-0.2, 0) is 9.59 Å². The molecule has 5 nitrogen and oxygen atoms in total. The summed E-state index contributed by atoms with van der Waals surface area (Å²) < 4.78 is 0. The number of amides is 2. The van der Waals surface area contributed by atoms with Gasteiger partial charge in [-0.25, -0.2) is 0 Å². The molecule has 6 heteroatoms. The van der Waals surface area contributed by atoms with Crippen molar-refractivity contribution in [1.82, 2.24) is 5.32 Å². The Labute approximate surface area is 132 Å². The van der Waals surface area contributed by atoms with E-state index in [1.165, 1.54) is 0 Å². The van der Waals surface area contributed by atoms with E-state index in [0.717, 1.165) is 5.56 Å². The van der Waals surface area contributed by atoms with Crippen molar-refractivity contribution in [2.24, 2.45) is 5.41 Å². The van der Waals surface area contributed by atoms with E-state index in [1.54, 1.807) is 12.1 Å². The highest BCUT2D eigenvalue weighted by molar-refractivity contribution is 5.95. The third-order valence-corrected chi connectivity index (χ3v) is 2.67. The number of nitrogen functional groups attached to an aromatic ring is 1. The Kier molecular flexibility index (Phi) is 7.22. The van der Waals surface area contributed by atoms with Crippen molar-refractivity contribution in [2.45, 2.75) is 34.1 Å². The average molecular weight is 314 g/mol. The molecule has 1 rings (SSSR count). The van der Waals surface area contributed by atoms with Crippen LogP contribution in [0.5, 0.6) is 0 Å². The van der Waals surface area contributed by atoms with Crippen LogP contribution in [0.2, 0.25) is 0 Å². The van der Waals surface area contributed by atoms with Crippen LogP contribution in [0.25, 0.3) is 0 Å². The molecule has 0 fully saturated rings. The van der Waals surface area contributed by atoms with E-state index in [9.17, 15) is 9.59 Å². The van der Waals surface area contributed by atoms with Gasteiger partial charge in [0.15, 0.2) is 0 Å². The summed E-state index contributed by atoms with van der Waals surface area (Å²) in [6.45, 7) is 7.77. The number of aryl methyl sites for hydroxylation is 1. The first-order valence-electron chi connectivity index (χ1n) is 6.60. The summed E-state index contributed by atoms with van der Waals surface area (Å²) in [5.74, 6) is -0.391. The van der Waals surface area contributed by atoms with Crippen LogP contribution in [0.1, 0.15) is 32.8 Å². The summed E-state index contributed by atoms with van der Waals surface area (Å²) in [7, 11) is 0. The third-order valence-electron chi connectivity index (χ3n) is 2.67. The second kappa shape index (κ2) is 7.88. The molecule has 0 bridgehead atoms. The van der Waals surface area contributed by atoms with Crippen molar-refractivity contribution in [2.75, 3.05) is 17.6 Å². The topological polar surface area (TPSA) is 84.2 Å². The Morgan fingerprint density at radius 2 is 1.81 bits per heavy atom. The number of nitrogens with one attached hydrogen (secondary N) is 2. The van der Waals surface area contributed by atoms with Crippen LogP contribution < -0.4 is 16.4 Å². The molecule has 0 atom stereocenters. The minimum atomic E-state index is -0.263. The normalized spacial score (nSPS) is 10.5. The van der Waals surface area contributed by atoms with Gasteiger partial charge in [-0.15, -0.1) is 12.4 Å². The molecule has 1 aromatic carbocycles. The van der Waals surface area contributed by atoms with Crippen LogP contribution in [0.3, 0.4) is 0 Å². The minimum Gasteiger partial charge on any atom is -0.399 e. The Hall–Kier alpha value is -1.75. The molecule has 0 heterocycles. The van der Waals surface area contributed by atoms with Gasteiger partial charge in [0.2, 0.25) is 11.8 Å². The Morgan fingerprint density at radius 1 is 1.19 bits per heavy atom. The van der Waals surface area contributed by atoms with E-state index < -0.39 is 0 Å². The van der Waals surface area contributed by atoms with Gasteiger partial charge in [-0.3, -0.25) is 9.59 Å². The second-order valence-electron chi connectivity index (χ2n) is 6.14. The second-order valence-corrected chi connectivity index (χ2v) is 6.14. The van der Waals surface area contributed by atoms with Crippen molar-refractivity contribution in [3.05, 3.63) is 23.8 Å². The van der Waals surface area contributed by atoms with Gasteiger partial charge in [0.25, 0.3) is 0 Å². The van der Waals surface area contributed by atoms with Crippen molar-refractivity contribution in [3.63, 3.8) is 0 Å². The number of carbonyl (C=O) groups is 2. The lowest BCUT2D eigenvalue weighted by atomic mass is 9.92. The van der Waals surface area contributed by atoms with Crippen LogP contribution >= 0.6 is 12.4 Å². The largest absolute Gasteiger partial charge is 0.399 e. The van der Waals surface area contributed by atoms with Gasteiger partial charge in [0, 0.05) is 17.8 Å². The molecule has 0 aliphatic heterocycles. The zero-order chi connectivity index (χ0) is 15.3. The monoisotopic (exact) mass is 313 g/mol. The third kappa shape index (κ3) is 7.56. The summed E-state index contributed by atoms with van der Waals surface area (Å²) in [6.07, 6.45) is 0.387.